The second-order valence-electron chi connectivity index (χ2n) is 9.97. The van der Waals surface area contributed by atoms with E-state index in [0.717, 1.165) is 36.6 Å². The van der Waals surface area contributed by atoms with E-state index in [1.54, 1.807) is 16.7 Å². The van der Waals surface area contributed by atoms with E-state index < -0.39 is 23.0 Å². The first-order chi connectivity index (χ1) is 18.8. The quantitative estimate of drug-likeness (QED) is 0.425. The van der Waals surface area contributed by atoms with Crippen molar-refractivity contribution in [3.63, 3.8) is 0 Å². The Labute approximate surface area is 227 Å². The summed E-state index contributed by atoms with van der Waals surface area (Å²) in [5.74, 6) is 0.0765. The van der Waals surface area contributed by atoms with Crippen LogP contribution in [0.4, 0.5) is 4.39 Å². The predicted molar refractivity (Wildman–Crippen MR) is 146 cm³/mol. The lowest BCUT2D eigenvalue weighted by Crippen LogP contribution is -2.47. The highest BCUT2D eigenvalue weighted by Crippen LogP contribution is 2.30. The first kappa shape index (κ1) is 26.9. The van der Waals surface area contributed by atoms with Gasteiger partial charge < -0.3 is 15.7 Å². The molecule has 206 valence electrons. The smallest absolute Gasteiger partial charge is 0.333 e. The number of fused-ring (bicyclic) bond motifs is 1. The van der Waals surface area contributed by atoms with Crippen LogP contribution in [0.25, 0.3) is 11.0 Å². The molecule has 12 heteroatoms. The Bertz CT molecular complexity index is 1510. The van der Waals surface area contributed by atoms with Crippen molar-refractivity contribution in [1.82, 2.24) is 24.8 Å². The molecule has 2 amide bonds. The number of phenols is 1. The molecule has 3 N–H and O–H groups in total. The lowest BCUT2D eigenvalue weighted by Gasteiger charge is -2.31. The number of pyridine rings is 1. The summed E-state index contributed by atoms with van der Waals surface area (Å²) in [6.07, 6.45) is 4.63. The number of thioether (sulfide) groups is 1. The average Bonchev–Trinajstić information content (AvgIpc) is 2.94. The Kier molecular flexibility index (Phi) is 8.01. The number of hydrogen-bond donors (Lipinski definition) is 3. The van der Waals surface area contributed by atoms with Crippen LogP contribution in [0, 0.1) is 5.82 Å². The van der Waals surface area contributed by atoms with Crippen molar-refractivity contribution in [3.05, 3.63) is 68.7 Å². The van der Waals surface area contributed by atoms with Crippen molar-refractivity contribution in [2.24, 2.45) is 0 Å². The van der Waals surface area contributed by atoms with Crippen molar-refractivity contribution < 1.29 is 19.1 Å². The first-order valence-corrected chi connectivity index (χ1v) is 14.2. The zero-order valence-corrected chi connectivity index (χ0v) is 22.1. The molecule has 0 unspecified atom stereocenters. The van der Waals surface area contributed by atoms with Gasteiger partial charge in [0.1, 0.15) is 17.2 Å². The summed E-state index contributed by atoms with van der Waals surface area (Å²) in [7, 11) is 0. The van der Waals surface area contributed by atoms with Crippen LogP contribution in [0.15, 0.2) is 46.1 Å². The topological polar surface area (TPSA) is 135 Å². The third kappa shape index (κ3) is 5.70. The number of amides is 2. The van der Waals surface area contributed by atoms with E-state index >= 15 is 0 Å². The maximum absolute atomic E-state index is 14.1. The van der Waals surface area contributed by atoms with Crippen LogP contribution in [0.5, 0.6) is 5.75 Å². The summed E-state index contributed by atoms with van der Waals surface area (Å²) in [5, 5.41) is 15.3. The lowest BCUT2D eigenvalue weighted by atomic mass is 9.91. The highest BCUT2D eigenvalue weighted by Gasteiger charge is 2.29. The molecule has 5 rings (SSSR count). The van der Waals surface area contributed by atoms with Gasteiger partial charge in [-0.1, -0.05) is 12.1 Å². The minimum atomic E-state index is -0.628. The first-order valence-electron chi connectivity index (χ1n) is 13.1. The molecule has 2 fully saturated rings. The minimum Gasteiger partial charge on any atom is -0.507 e. The van der Waals surface area contributed by atoms with Gasteiger partial charge in [-0.2, -0.15) is 11.8 Å². The van der Waals surface area contributed by atoms with Crippen molar-refractivity contribution in [2.75, 3.05) is 18.1 Å². The van der Waals surface area contributed by atoms with Gasteiger partial charge in [-0.15, -0.1) is 0 Å². The number of nitrogens with one attached hydrogen (secondary N) is 2. The molecule has 39 heavy (non-hydrogen) atoms. The van der Waals surface area contributed by atoms with Gasteiger partial charge in [-0.3, -0.25) is 23.5 Å². The maximum Gasteiger partial charge on any atom is 0.333 e. The molecule has 10 nitrogen and oxygen atoms in total. The number of halogens is 1. The molecule has 2 aliphatic rings. The number of aromatic hydroxyl groups is 1. The summed E-state index contributed by atoms with van der Waals surface area (Å²) >= 11 is 1.82. The van der Waals surface area contributed by atoms with Crippen LogP contribution in [0.2, 0.25) is 0 Å². The maximum atomic E-state index is 14.1. The summed E-state index contributed by atoms with van der Waals surface area (Å²) in [5.41, 5.74) is -0.642. The van der Waals surface area contributed by atoms with E-state index in [1.165, 1.54) is 16.7 Å². The summed E-state index contributed by atoms with van der Waals surface area (Å²) < 4.78 is 16.9. The Morgan fingerprint density at radius 3 is 2.44 bits per heavy atom. The van der Waals surface area contributed by atoms with Gasteiger partial charge >= 0.3 is 5.69 Å². The minimum absolute atomic E-state index is 0.0827. The van der Waals surface area contributed by atoms with Crippen molar-refractivity contribution in [1.29, 1.82) is 0 Å². The van der Waals surface area contributed by atoms with Crippen molar-refractivity contribution in [3.8, 4) is 5.75 Å². The summed E-state index contributed by atoms with van der Waals surface area (Å²) in [4.78, 5) is 55.9. The molecule has 0 spiro atoms. The fraction of sp³-hybridized carbons (Fsp3) is 0.444. The third-order valence-corrected chi connectivity index (χ3v) is 8.51. The van der Waals surface area contributed by atoms with Crippen LogP contribution in [-0.4, -0.2) is 55.1 Å². The van der Waals surface area contributed by atoms with Crippen LogP contribution in [0.3, 0.4) is 0 Å². The molecule has 1 aromatic carbocycles. The predicted octanol–water partition coefficient (Wildman–Crippen LogP) is 2.50. The molecule has 0 atom stereocenters. The van der Waals surface area contributed by atoms with E-state index in [4.69, 9.17) is 0 Å². The Morgan fingerprint density at radius 2 is 1.72 bits per heavy atom. The summed E-state index contributed by atoms with van der Waals surface area (Å²) in [6, 6.07) is 6.57. The van der Waals surface area contributed by atoms with E-state index in [-0.39, 0.29) is 52.9 Å². The fourth-order valence-corrected chi connectivity index (χ4v) is 6.56. The normalized spacial score (nSPS) is 20.0. The number of aromatic nitrogens is 3. The highest BCUT2D eigenvalue weighted by molar-refractivity contribution is 7.99. The van der Waals surface area contributed by atoms with E-state index in [0.29, 0.717) is 25.7 Å². The van der Waals surface area contributed by atoms with E-state index in [1.807, 2.05) is 11.8 Å². The molecule has 1 aliphatic carbocycles. The lowest BCUT2D eigenvalue weighted by molar-refractivity contribution is -0.121. The molecule has 3 aromatic rings. The Morgan fingerprint density at radius 1 is 1.03 bits per heavy atom. The average molecular weight is 556 g/mol. The Hall–Kier alpha value is -3.67. The van der Waals surface area contributed by atoms with Gasteiger partial charge in [0.05, 0.1) is 23.7 Å². The van der Waals surface area contributed by atoms with Gasteiger partial charge in [0, 0.05) is 18.1 Å². The van der Waals surface area contributed by atoms with Gasteiger partial charge in [-0.25, -0.2) is 14.2 Å². The van der Waals surface area contributed by atoms with Crippen molar-refractivity contribution >= 4 is 34.6 Å². The van der Waals surface area contributed by atoms with E-state index in [2.05, 4.69) is 15.6 Å². The second-order valence-corrected chi connectivity index (χ2v) is 11.2. The SMILES string of the molecule is O=C(CNC(=O)c1ccccc1O)N[C@H]1CC[C@@H](n2c(=O)c3cc(F)cnc3n(C3CCSCC3)c2=O)CC1. The molecular weight excluding hydrogens is 525 g/mol. The number of nitrogens with zero attached hydrogens (tertiary/aromatic N) is 3. The number of hydrogen-bond acceptors (Lipinski definition) is 7. The van der Waals surface area contributed by atoms with Gasteiger partial charge in [0.2, 0.25) is 5.91 Å². The highest BCUT2D eigenvalue weighted by atomic mass is 32.2. The number of benzene rings is 1. The molecular formula is C27H30FN5O5S. The number of phenolic OH excluding ortho intramolecular Hbond substituents is 1. The molecule has 1 saturated heterocycles. The van der Waals surface area contributed by atoms with Crippen LogP contribution < -0.4 is 21.9 Å². The van der Waals surface area contributed by atoms with Crippen LogP contribution in [0.1, 0.15) is 61.0 Å². The zero-order valence-electron chi connectivity index (χ0n) is 21.3. The number of para-hydroxylation sites is 1. The van der Waals surface area contributed by atoms with Gasteiger partial charge in [0.25, 0.3) is 11.5 Å². The zero-order chi connectivity index (χ0) is 27.5. The largest absolute Gasteiger partial charge is 0.507 e. The number of carbonyl (C=O) groups is 2. The second kappa shape index (κ2) is 11.6. The molecule has 0 bridgehead atoms. The van der Waals surface area contributed by atoms with Crippen LogP contribution in [-0.2, 0) is 4.79 Å². The fourth-order valence-electron chi connectivity index (χ4n) is 5.48. The van der Waals surface area contributed by atoms with Crippen LogP contribution >= 0.6 is 11.8 Å². The van der Waals surface area contributed by atoms with Gasteiger partial charge in [0.15, 0.2) is 0 Å². The van der Waals surface area contributed by atoms with Crippen molar-refractivity contribution in [2.45, 2.75) is 56.7 Å². The number of rotatable bonds is 6. The molecule has 2 aromatic heterocycles. The Balaban J connectivity index is 1.28. The van der Waals surface area contributed by atoms with Gasteiger partial charge in [-0.05, 0) is 68.2 Å². The molecule has 3 heterocycles. The monoisotopic (exact) mass is 555 g/mol. The summed E-state index contributed by atoms with van der Waals surface area (Å²) in [6.45, 7) is -0.250. The number of carbonyl (C=O) groups excluding carboxylic acids is 2. The molecule has 0 radical (unpaired) electrons. The molecule has 1 aliphatic heterocycles. The standard InChI is InChI=1S/C27H30FN5O5S/c28-16-13-21-24(29-14-16)32(19-9-11-39-12-10-19)27(38)33(26(21)37)18-7-5-17(6-8-18)31-23(35)15-30-25(36)20-3-1-2-4-22(20)34/h1-4,13-14,17-19,34H,5-12,15H2,(H,30,36)(H,31,35)/t17-,18+. The third-order valence-electron chi connectivity index (χ3n) is 7.46. The van der Waals surface area contributed by atoms with E-state index in [9.17, 15) is 28.7 Å². The molecule has 1 saturated carbocycles.